The minimum absolute atomic E-state index is 0.0311. The predicted octanol–water partition coefficient (Wildman–Crippen LogP) is 4.66. The van der Waals surface area contributed by atoms with E-state index in [1.54, 1.807) is 11.3 Å². The fraction of sp³-hybridized carbons (Fsp3) is 0.125. The Labute approximate surface area is 126 Å². The summed E-state index contributed by atoms with van der Waals surface area (Å²) < 4.78 is 1.20. The van der Waals surface area contributed by atoms with Crippen molar-refractivity contribution in [3.63, 3.8) is 0 Å². The molecule has 3 rings (SSSR count). The first-order valence-corrected chi connectivity index (χ1v) is 7.57. The van der Waals surface area contributed by atoms with Gasteiger partial charge in [0.2, 0.25) is 0 Å². The van der Waals surface area contributed by atoms with Crippen molar-refractivity contribution in [3.05, 3.63) is 64.0 Å². The zero-order valence-electron chi connectivity index (χ0n) is 10.8. The van der Waals surface area contributed by atoms with Crippen molar-refractivity contribution in [2.45, 2.75) is 13.2 Å². The highest BCUT2D eigenvalue weighted by Crippen LogP contribution is 2.35. The number of hydrogen-bond donors (Lipinski definition) is 2. The molecule has 0 fully saturated rings. The van der Waals surface area contributed by atoms with Crippen molar-refractivity contribution in [1.82, 2.24) is 0 Å². The summed E-state index contributed by atoms with van der Waals surface area (Å²) in [5.74, 6) is 0. The Bertz CT molecular complexity index is 738. The van der Waals surface area contributed by atoms with Crippen molar-refractivity contribution in [1.29, 1.82) is 0 Å². The van der Waals surface area contributed by atoms with Gasteiger partial charge in [0.15, 0.2) is 0 Å². The molecule has 0 aliphatic heterocycles. The lowest BCUT2D eigenvalue weighted by molar-refractivity contribution is 0.282. The van der Waals surface area contributed by atoms with Crippen molar-refractivity contribution in [2.24, 2.45) is 0 Å². The SMILES string of the molecule is OCc1ccccc1NCc1sc2ccccc2c1Cl. The molecule has 0 atom stereocenters. The Morgan fingerprint density at radius 2 is 1.80 bits per heavy atom. The number of thiophene rings is 1. The number of halogens is 1. The molecule has 0 radical (unpaired) electrons. The summed E-state index contributed by atoms with van der Waals surface area (Å²) in [5.41, 5.74) is 1.84. The first kappa shape index (κ1) is 13.4. The highest BCUT2D eigenvalue weighted by atomic mass is 35.5. The van der Waals surface area contributed by atoms with E-state index >= 15 is 0 Å². The molecule has 0 bridgehead atoms. The molecular formula is C16H14ClNOS. The molecule has 20 heavy (non-hydrogen) atoms. The fourth-order valence-electron chi connectivity index (χ4n) is 2.18. The summed E-state index contributed by atoms with van der Waals surface area (Å²) in [4.78, 5) is 1.11. The van der Waals surface area contributed by atoms with Gasteiger partial charge in [-0.15, -0.1) is 11.3 Å². The number of aliphatic hydroxyl groups excluding tert-OH is 1. The number of anilines is 1. The van der Waals surface area contributed by atoms with E-state index in [0.29, 0.717) is 6.54 Å². The second kappa shape index (κ2) is 5.83. The van der Waals surface area contributed by atoms with Crippen molar-refractivity contribution < 1.29 is 5.11 Å². The Kier molecular flexibility index (Phi) is 3.92. The lowest BCUT2D eigenvalue weighted by Crippen LogP contribution is -2.01. The maximum absolute atomic E-state index is 9.32. The van der Waals surface area contributed by atoms with E-state index < -0.39 is 0 Å². The number of para-hydroxylation sites is 1. The lowest BCUT2D eigenvalue weighted by atomic mass is 10.2. The topological polar surface area (TPSA) is 32.3 Å². The summed E-state index contributed by atoms with van der Waals surface area (Å²) in [6, 6.07) is 15.9. The van der Waals surface area contributed by atoms with Gasteiger partial charge in [0.1, 0.15) is 0 Å². The van der Waals surface area contributed by atoms with Crippen LogP contribution in [0.2, 0.25) is 5.02 Å². The second-order valence-electron chi connectivity index (χ2n) is 4.50. The van der Waals surface area contributed by atoms with Crippen LogP contribution in [0, 0.1) is 0 Å². The van der Waals surface area contributed by atoms with Crippen molar-refractivity contribution in [3.8, 4) is 0 Å². The van der Waals surface area contributed by atoms with E-state index in [2.05, 4.69) is 11.4 Å². The maximum Gasteiger partial charge on any atom is 0.0701 e. The molecule has 2 aromatic carbocycles. The van der Waals surface area contributed by atoms with Gasteiger partial charge in [-0.1, -0.05) is 48.0 Å². The van der Waals surface area contributed by atoms with E-state index in [1.165, 1.54) is 4.70 Å². The molecule has 1 aromatic heterocycles. The Hall–Kier alpha value is -1.55. The molecule has 0 aliphatic rings. The van der Waals surface area contributed by atoms with E-state index in [9.17, 15) is 5.11 Å². The second-order valence-corrected chi connectivity index (χ2v) is 6.02. The number of benzene rings is 2. The zero-order chi connectivity index (χ0) is 13.9. The fourth-order valence-corrected chi connectivity index (χ4v) is 3.62. The number of nitrogens with one attached hydrogen (secondary N) is 1. The highest BCUT2D eigenvalue weighted by molar-refractivity contribution is 7.19. The largest absolute Gasteiger partial charge is 0.392 e. The van der Waals surface area contributed by atoms with Gasteiger partial charge in [-0.25, -0.2) is 0 Å². The monoisotopic (exact) mass is 303 g/mol. The van der Waals surface area contributed by atoms with Gasteiger partial charge in [0, 0.05) is 26.2 Å². The average Bonchev–Trinajstić information content (AvgIpc) is 2.82. The normalized spacial score (nSPS) is 10.9. The smallest absolute Gasteiger partial charge is 0.0701 e. The van der Waals surface area contributed by atoms with Crippen LogP contribution in [-0.2, 0) is 13.2 Å². The van der Waals surface area contributed by atoms with Crippen molar-refractivity contribution in [2.75, 3.05) is 5.32 Å². The van der Waals surface area contributed by atoms with Crippen LogP contribution in [-0.4, -0.2) is 5.11 Å². The van der Waals surface area contributed by atoms with Crippen LogP contribution < -0.4 is 5.32 Å². The Morgan fingerprint density at radius 1 is 1.05 bits per heavy atom. The molecule has 0 saturated carbocycles. The number of rotatable bonds is 4. The molecule has 1 heterocycles. The standard InChI is InChI=1S/C16H14ClNOS/c17-16-12-6-2-4-8-14(12)20-15(16)9-18-13-7-3-1-5-11(13)10-19/h1-8,18-19H,9-10H2. The Balaban J connectivity index is 1.85. The Morgan fingerprint density at radius 3 is 2.60 bits per heavy atom. The molecular weight excluding hydrogens is 290 g/mol. The summed E-state index contributed by atoms with van der Waals surface area (Å²) in [6.07, 6.45) is 0. The quantitative estimate of drug-likeness (QED) is 0.735. The van der Waals surface area contributed by atoms with Crippen molar-refractivity contribution >= 4 is 38.7 Å². The first-order valence-electron chi connectivity index (χ1n) is 6.38. The van der Waals surface area contributed by atoms with Gasteiger partial charge >= 0.3 is 0 Å². The maximum atomic E-state index is 9.32. The molecule has 2 N–H and O–H groups in total. The number of hydrogen-bond acceptors (Lipinski definition) is 3. The van der Waals surface area contributed by atoms with Crippen LogP contribution in [0.3, 0.4) is 0 Å². The van der Waals surface area contributed by atoms with E-state index in [4.69, 9.17) is 11.6 Å². The molecule has 0 spiro atoms. The molecule has 3 aromatic rings. The summed E-state index contributed by atoms with van der Waals surface area (Å²) in [6.45, 7) is 0.693. The predicted molar refractivity (Wildman–Crippen MR) is 86.5 cm³/mol. The van der Waals surface area contributed by atoms with E-state index in [0.717, 1.165) is 26.5 Å². The van der Waals surface area contributed by atoms with Gasteiger partial charge in [0.05, 0.1) is 18.2 Å². The number of fused-ring (bicyclic) bond motifs is 1. The average molecular weight is 304 g/mol. The van der Waals surface area contributed by atoms with Crippen LogP contribution >= 0.6 is 22.9 Å². The zero-order valence-corrected chi connectivity index (χ0v) is 12.3. The van der Waals surface area contributed by atoms with Gasteiger partial charge in [-0.3, -0.25) is 0 Å². The third-order valence-electron chi connectivity index (χ3n) is 3.23. The van der Waals surface area contributed by atoms with Crippen LogP contribution in [0.15, 0.2) is 48.5 Å². The van der Waals surface area contributed by atoms with Gasteiger partial charge in [-0.05, 0) is 12.1 Å². The molecule has 4 heteroatoms. The van der Waals surface area contributed by atoms with Gasteiger partial charge < -0.3 is 10.4 Å². The summed E-state index contributed by atoms with van der Waals surface area (Å²) in [7, 11) is 0. The highest BCUT2D eigenvalue weighted by Gasteiger charge is 2.10. The molecule has 0 saturated heterocycles. The molecule has 0 amide bonds. The number of aliphatic hydroxyl groups is 1. The third-order valence-corrected chi connectivity index (χ3v) is 4.94. The minimum Gasteiger partial charge on any atom is -0.392 e. The minimum atomic E-state index is 0.0311. The molecule has 0 unspecified atom stereocenters. The summed E-state index contributed by atoms with van der Waals surface area (Å²) in [5, 5.41) is 14.6. The summed E-state index contributed by atoms with van der Waals surface area (Å²) >= 11 is 8.12. The molecule has 102 valence electrons. The van der Waals surface area contributed by atoms with Crippen LogP contribution in [0.4, 0.5) is 5.69 Å². The lowest BCUT2D eigenvalue weighted by Gasteiger charge is -2.09. The molecule has 0 aliphatic carbocycles. The molecule has 2 nitrogen and oxygen atoms in total. The van der Waals surface area contributed by atoms with Gasteiger partial charge in [-0.2, -0.15) is 0 Å². The van der Waals surface area contributed by atoms with Crippen LogP contribution in [0.1, 0.15) is 10.4 Å². The first-order chi connectivity index (χ1) is 9.79. The van der Waals surface area contributed by atoms with E-state index in [1.807, 2.05) is 42.5 Å². The van der Waals surface area contributed by atoms with Crippen LogP contribution in [0.5, 0.6) is 0 Å². The van der Waals surface area contributed by atoms with Gasteiger partial charge in [0.25, 0.3) is 0 Å². The van der Waals surface area contributed by atoms with E-state index in [-0.39, 0.29) is 6.61 Å². The van der Waals surface area contributed by atoms with Crippen LogP contribution in [0.25, 0.3) is 10.1 Å². The third kappa shape index (κ3) is 2.52.